The van der Waals surface area contributed by atoms with Crippen LogP contribution in [0, 0.1) is 0 Å². The number of halogens is 1. The molecule has 0 saturated carbocycles. The summed E-state index contributed by atoms with van der Waals surface area (Å²) in [4.78, 5) is 2.76. The van der Waals surface area contributed by atoms with Crippen molar-refractivity contribution in [2.24, 2.45) is 5.11 Å². The SMILES string of the molecule is COc1ccccc1-c1cc(Cl)cc2c1O[C@@H](CN=[N+]=[N-])CO2. The van der Waals surface area contributed by atoms with E-state index in [0.29, 0.717) is 28.9 Å². The van der Waals surface area contributed by atoms with Crippen molar-refractivity contribution in [3.05, 3.63) is 51.9 Å². The summed E-state index contributed by atoms with van der Waals surface area (Å²) in [5.74, 6) is 1.84. The molecule has 0 unspecified atom stereocenters. The molecule has 2 aromatic rings. The fraction of sp³-hybridized carbons (Fsp3) is 0.250. The van der Waals surface area contributed by atoms with E-state index in [4.69, 9.17) is 31.3 Å². The van der Waals surface area contributed by atoms with E-state index in [9.17, 15) is 0 Å². The lowest BCUT2D eigenvalue weighted by Gasteiger charge is -2.28. The van der Waals surface area contributed by atoms with Crippen LogP contribution in [0.15, 0.2) is 41.5 Å². The van der Waals surface area contributed by atoms with Gasteiger partial charge in [-0.3, -0.25) is 0 Å². The quantitative estimate of drug-likeness (QED) is 0.471. The third-order valence-corrected chi connectivity index (χ3v) is 3.69. The predicted molar refractivity (Wildman–Crippen MR) is 87.4 cm³/mol. The van der Waals surface area contributed by atoms with Gasteiger partial charge >= 0.3 is 0 Å². The number of methoxy groups -OCH3 is 1. The number of rotatable bonds is 4. The van der Waals surface area contributed by atoms with Gasteiger partial charge in [0.05, 0.1) is 13.7 Å². The smallest absolute Gasteiger partial charge is 0.169 e. The van der Waals surface area contributed by atoms with Crippen LogP contribution in [0.25, 0.3) is 21.6 Å². The second-order valence-corrected chi connectivity index (χ2v) is 5.38. The molecule has 0 bridgehead atoms. The van der Waals surface area contributed by atoms with Crippen LogP contribution in [0.3, 0.4) is 0 Å². The maximum absolute atomic E-state index is 8.46. The number of hydrogen-bond donors (Lipinski definition) is 0. The van der Waals surface area contributed by atoms with Gasteiger partial charge in [-0.1, -0.05) is 34.9 Å². The summed E-state index contributed by atoms with van der Waals surface area (Å²) >= 11 is 6.20. The number of para-hydroxylation sites is 1. The fourth-order valence-corrected chi connectivity index (χ4v) is 2.67. The number of benzene rings is 2. The zero-order valence-corrected chi connectivity index (χ0v) is 13.2. The minimum absolute atomic E-state index is 0.198. The van der Waals surface area contributed by atoms with E-state index >= 15 is 0 Å². The molecule has 1 aliphatic rings. The molecule has 3 rings (SSSR count). The average molecular weight is 332 g/mol. The van der Waals surface area contributed by atoms with E-state index in [-0.39, 0.29) is 12.6 Å². The van der Waals surface area contributed by atoms with Crippen LogP contribution < -0.4 is 14.2 Å². The van der Waals surface area contributed by atoms with Gasteiger partial charge in [-0.25, -0.2) is 0 Å². The van der Waals surface area contributed by atoms with Gasteiger partial charge in [-0.15, -0.1) is 0 Å². The van der Waals surface area contributed by atoms with Gasteiger partial charge in [0, 0.05) is 27.1 Å². The highest BCUT2D eigenvalue weighted by Gasteiger charge is 2.25. The lowest BCUT2D eigenvalue weighted by molar-refractivity contribution is 0.0977. The lowest BCUT2D eigenvalue weighted by atomic mass is 10.0. The van der Waals surface area contributed by atoms with Crippen molar-refractivity contribution in [2.45, 2.75) is 6.10 Å². The highest BCUT2D eigenvalue weighted by molar-refractivity contribution is 6.31. The van der Waals surface area contributed by atoms with Crippen molar-refractivity contribution in [3.63, 3.8) is 0 Å². The minimum Gasteiger partial charge on any atom is -0.496 e. The first-order valence-electron chi connectivity index (χ1n) is 7.00. The molecule has 0 fully saturated rings. The van der Waals surface area contributed by atoms with Gasteiger partial charge in [-0.2, -0.15) is 0 Å². The summed E-state index contributed by atoms with van der Waals surface area (Å²) in [6, 6.07) is 11.1. The Morgan fingerprint density at radius 3 is 2.96 bits per heavy atom. The van der Waals surface area contributed by atoms with Crippen LogP contribution in [0.4, 0.5) is 0 Å². The van der Waals surface area contributed by atoms with Crippen molar-refractivity contribution in [1.82, 2.24) is 0 Å². The summed E-state index contributed by atoms with van der Waals surface area (Å²) in [7, 11) is 1.61. The van der Waals surface area contributed by atoms with Crippen molar-refractivity contribution in [2.75, 3.05) is 20.3 Å². The molecule has 1 atom stereocenters. The van der Waals surface area contributed by atoms with Crippen molar-refractivity contribution in [1.29, 1.82) is 0 Å². The predicted octanol–water partition coefficient (Wildman–Crippen LogP) is 4.47. The molecule has 0 spiro atoms. The molecule has 0 radical (unpaired) electrons. The third kappa shape index (κ3) is 3.13. The molecular formula is C16H14ClN3O3. The van der Waals surface area contributed by atoms with Gasteiger partial charge in [0.1, 0.15) is 18.5 Å². The molecule has 23 heavy (non-hydrogen) atoms. The molecule has 1 heterocycles. The first kappa shape index (κ1) is 15.3. The van der Waals surface area contributed by atoms with Crippen LogP contribution in [-0.2, 0) is 0 Å². The Kier molecular flexibility index (Phi) is 4.46. The van der Waals surface area contributed by atoms with E-state index in [2.05, 4.69) is 10.0 Å². The lowest BCUT2D eigenvalue weighted by Crippen LogP contribution is -2.31. The van der Waals surface area contributed by atoms with Gasteiger partial charge in [-0.05, 0) is 17.7 Å². The van der Waals surface area contributed by atoms with Crippen LogP contribution in [0.5, 0.6) is 17.2 Å². The summed E-state index contributed by atoms with van der Waals surface area (Å²) in [6.07, 6.45) is -0.340. The molecule has 0 aliphatic carbocycles. The average Bonchev–Trinajstić information content (AvgIpc) is 2.59. The highest BCUT2D eigenvalue weighted by atomic mass is 35.5. The number of ether oxygens (including phenoxy) is 3. The van der Waals surface area contributed by atoms with Crippen molar-refractivity contribution in [3.8, 4) is 28.4 Å². The standard InChI is InChI=1S/C16H14ClN3O3/c1-21-14-5-3-2-4-12(14)13-6-10(17)7-15-16(13)23-11(9-22-15)8-19-20-18/h2-7,11H,8-9H2,1H3/t11-/m0/s1. The van der Waals surface area contributed by atoms with E-state index in [0.717, 1.165) is 11.1 Å². The Morgan fingerprint density at radius 2 is 2.17 bits per heavy atom. The topological polar surface area (TPSA) is 76.5 Å². The number of azide groups is 1. The molecule has 118 valence electrons. The Bertz CT molecular complexity index is 775. The normalized spacial score (nSPS) is 15.7. The Hall–Kier alpha value is -2.56. The molecule has 2 aromatic carbocycles. The van der Waals surface area contributed by atoms with E-state index in [1.54, 1.807) is 19.2 Å². The molecule has 0 saturated heterocycles. The molecular weight excluding hydrogens is 318 g/mol. The maximum Gasteiger partial charge on any atom is 0.169 e. The molecule has 0 aromatic heterocycles. The Balaban J connectivity index is 2.08. The molecule has 1 aliphatic heterocycles. The number of nitrogens with zero attached hydrogens (tertiary/aromatic N) is 3. The van der Waals surface area contributed by atoms with Crippen LogP contribution in [0.2, 0.25) is 5.02 Å². The summed E-state index contributed by atoms with van der Waals surface area (Å²) in [5.41, 5.74) is 10.1. The fourth-order valence-electron chi connectivity index (χ4n) is 2.47. The number of hydrogen-bond acceptors (Lipinski definition) is 4. The number of fused-ring (bicyclic) bond motifs is 1. The highest BCUT2D eigenvalue weighted by Crippen LogP contribution is 2.45. The van der Waals surface area contributed by atoms with Crippen molar-refractivity contribution < 1.29 is 14.2 Å². The second-order valence-electron chi connectivity index (χ2n) is 4.95. The summed E-state index contributed by atoms with van der Waals surface area (Å²) < 4.78 is 17.1. The molecule has 0 N–H and O–H groups in total. The van der Waals surface area contributed by atoms with E-state index < -0.39 is 0 Å². The van der Waals surface area contributed by atoms with E-state index in [1.807, 2.05) is 24.3 Å². The van der Waals surface area contributed by atoms with Gasteiger partial charge in [0.25, 0.3) is 0 Å². The molecule has 0 amide bonds. The van der Waals surface area contributed by atoms with E-state index in [1.165, 1.54) is 0 Å². The van der Waals surface area contributed by atoms with Crippen molar-refractivity contribution >= 4 is 11.6 Å². The second kappa shape index (κ2) is 6.69. The molecule has 7 heteroatoms. The summed E-state index contributed by atoms with van der Waals surface area (Å²) in [5, 5.41) is 4.09. The first-order valence-corrected chi connectivity index (χ1v) is 7.38. The minimum atomic E-state index is -0.340. The van der Waals surface area contributed by atoms with Gasteiger partial charge in [0.15, 0.2) is 11.5 Å². The van der Waals surface area contributed by atoms with Gasteiger partial charge in [0.2, 0.25) is 0 Å². The first-order chi connectivity index (χ1) is 11.2. The maximum atomic E-state index is 8.46. The largest absolute Gasteiger partial charge is 0.496 e. The summed E-state index contributed by atoms with van der Waals surface area (Å²) in [6.45, 7) is 0.502. The molecule has 6 nitrogen and oxygen atoms in total. The zero-order chi connectivity index (χ0) is 16.2. The zero-order valence-electron chi connectivity index (χ0n) is 12.4. The van der Waals surface area contributed by atoms with Crippen LogP contribution in [-0.4, -0.2) is 26.4 Å². The monoisotopic (exact) mass is 331 g/mol. The Labute approximate surface area is 138 Å². The van der Waals surface area contributed by atoms with Crippen LogP contribution >= 0.6 is 11.6 Å². The Morgan fingerprint density at radius 1 is 1.35 bits per heavy atom. The van der Waals surface area contributed by atoms with Crippen LogP contribution in [0.1, 0.15) is 0 Å². The van der Waals surface area contributed by atoms with Gasteiger partial charge < -0.3 is 14.2 Å². The third-order valence-electron chi connectivity index (χ3n) is 3.47.